The molecule has 2 amide bonds. The summed E-state index contributed by atoms with van der Waals surface area (Å²) in [4.78, 5) is 25.9. The van der Waals surface area contributed by atoms with Gasteiger partial charge in [0.2, 0.25) is 11.8 Å². The lowest BCUT2D eigenvalue weighted by Crippen LogP contribution is -2.43. The van der Waals surface area contributed by atoms with Crippen molar-refractivity contribution in [3.05, 3.63) is 0 Å². The Kier molecular flexibility index (Phi) is 4.91. The van der Waals surface area contributed by atoms with Crippen LogP contribution in [0, 0.1) is 0 Å². The van der Waals surface area contributed by atoms with E-state index in [0.29, 0.717) is 25.7 Å². The molecule has 1 aliphatic heterocycles. The number of hydrogen-bond acceptors (Lipinski definition) is 4. The number of nitrogens with one attached hydrogen (secondary N) is 1. The Morgan fingerprint density at radius 1 is 1.05 bits per heavy atom. The molecule has 3 rings (SSSR count). The Morgan fingerprint density at radius 3 is 2.43 bits per heavy atom. The molecule has 0 aromatic carbocycles. The van der Waals surface area contributed by atoms with Gasteiger partial charge in [-0.3, -0.25) is 14.5 Å². The minimum atomic E-state index is -0.328. The second kappa shape index (κ2) is 6.88. The van der Waals surface area contributed by atoms with E-state index in [1.165, 1.54) is 17.7 Å². The average molecular weight is 294 g/mol. The van der Waals surface area contributed by atoms with E-state index in [2.05, 4.69) is 5.32 Å². The first kappa shape index (κ1) is 15.0. The highest BCUT2D eigenvalue weighted by molar-refractivity contribution is 6.05. The van der Waals surface area contributed by atoms with Crippen LogP contribution in [0.4, 0.5) is 0 Å². The van der Waals surface area contributed by atoms with Gasteiger partial charge in [0, 0.05) is 12.6 Å². The summed E-state index contributed by atoms with van der Waals surface area (Å²) in [7, 11) is 0. The zero-order valence-corrected chi connectivity index (χ0v) is 12.7. The van der Waals surface area contributed by atoms with E-state index >= 15 is 0 Å². The van der Waals surface area contributed by atoms with Gasteiger partial charge in [-0.1, -0.05) is 25.7 Å². The molecular weight excluding hydrogens is 268 g/mol. The maximum Gasteiger partial charge on any atom is 0.247 e. The number of likely N-dealkylation sites (tertiary alicyclic amines) is 1. The predicted octanol–water partition coefficient (Wildman–Crippen LogP) is 1.61. The van der Waals surface area contributed by atoms with Crippen molar-refractivity contribution in [2.75, 3.05) is 13.2 Å². The molecule has 21 heavy (non-hydrogen) atoms. The highest BCUT2D eigenvalue weighted by atomic mass is 16.5. The van der Waals surface area contributed by atoms with Crippen LogP contribution in [-0.2, 0) is 14.3 Å². The zero-order chi connectivity index (χ0) is 14.7. The highest BCUT2D eigenvalue weighted by Crippen LogP contribution is 2.28. The van der Waals surface area contributed by atoms with Crippen LogP contribution in [-0.4, -0.2) is 48.1 Å². The van der Waals surface area contributed by atoms with Gasteiger partial charge in [-0.2, -0.15) is 0 Å². The van der Waals surface area contributed by atoms with Crippen molar-refractivity contribution in [3.8, 4) is 0 Å². The van der Waals surface area contributed by atoms with E-state index in [1.807, 2.05) is 0 Å². The molecule has 1 saturated heterocycles. The maximum absolute atomic E-state index is 12.4. The van der Waals surface area contributed by atoms with Crippen LogP contribution in [0.15, 0.2) is 0 Å². The first-order valence-corrected chi connectivity index (χ1v) is 8.46. The molecule has 3 aliphatic rings. The van der Waals surface area contributed by atoms with Gasteiger partial charge >= 0.3 is 0 Å². The van der Waals surface area contributed by atoms with Crippen LogP contribution in [0.2, 0.25) is 0 Å². The summed E-state index contributed by atoms with van der Waals surface area (Å²) < 4.78 is 5.78. The lowest BCUT2D eigenvalue weighted by molar-refractivity contribution is -0.141. The molecular formula is C16H26N2O3. The first-order chi connectivity index (χ1) is 10.3. The molecule has 1 N–H and O–H groups in total. The predicted molar refractivity (Wildman–Crippen MR) is 78.7 cm³/mol. The van der Waals surface area contributed by atoms with E-state index in [4.69, 9.17) is 4.74 Å². The molecule has 2 aliphatic carbocycles. The van der Waals surface area contributed by atoms with Crippen LogP contribution in [0.25, 0.3) is 0 Å². The van der Waals surface area contributed by atoms with Crippen molar-refractivity contribution >= 4 is 11.8 Å². The molecule has 118 valence electrons. The Morgan fingerprint density at radius 2 is 1.71 bits per heavy atom. The third-order valence-electron chi connectivity index (χ3n) is 5.02. The van der Waals surface area contributed by atoms with E-state index in [-0.39, 0.29) is 23.9 Å². The standard InChI is InChI=1S/C16H26N2O3/c19-15-11-14(16(20)18(15)12-5-1-2-6-12)17-9-10-21-13-7-3-4-8-13/h12-14,17H,1-11H2. The molecule has 5 heteroatoms. The van der Waals surface area contributed by atoms with Gasteiger partial charge in [-0.25, -0.2) is 0 Å². The molecule has 0 radical (unpaired) electrons. The highest BCUT2D eigenvalue weighted by Gasteiger charge is 2.42. The van der Waals surface area contributed by atoms with E-state index in [0.717, 1.165) is 38.5 Å². The van der Waals surface area contributed by atoms with Crippen molar-refractivity contribution in [2.45, 2.75) is 76.0 Å². The zero-order valence-electron chi connectivity index (χ0n) is 12.7. The van der Waals surface area contributed by atoms with Gasteiger partial charge in [-0.05, 0) is 25.7 Å². The lowest BCUT2D eigenvalue weighted by Gasteiger charge is -2.22. The molecule has 2 saturated carbocycles. The van der Waals surface area contributed by atoms with Crippen LogP contribution in [0.5, 0.6) is 0 Å². The summed E-state index contributed by atoms with van der Waals surface area (Å²) in [6.45, 7) is 1.28. The smallest absolute Gasteiger partial charge is 0.247 e. The average Bonchev–Trinajstić information content (AvgIpc) is 3.18. The summed E-state index contributed by atoms with van der Waals surface area (Å²) in [5.74, 6) is -0.0196. The van der Waals surface area contributed by atoms with E-state index < -0.39 is 0 Å². The number of carbonyl (C=O) groups is 2. The third kappa shape index (κ3) is 3.46. The summed E-state index contributed by atoms with van der Waals surface area (Å²) in [6.07, 6.45) is 9.82. The molecule has 0 aromatic heterocycles. The maximum atomic E-state index is 12.4. The summed E-state index contributed by atoms with van der Waals surface area (Å²) in [5.41, 5.74) is 0. The molecule has 0 aromatic rings. The quantitative estimate of drug-likeness (QED) is 0.597. The largest absolute Gasteiger partial charge is 0.377 e. The lowest BCUT2D eigenvalue weighted by atomic mass is 10.2. The van der Waals surface area contributed by atoms with Crippen molar-refractivity contribution in [2.24, 2.45) is 0 Å². The fourth-order valence-corrected chi connectivity index (χ4v) is 3.87. The monoisotopic (exact) mass is 294 g/mol. The van der Waals surface area contributed by atoms with Crippen molar-refractivity contribution in [1.82, 2.24) is 10.2 Å². The number of amides is 2. The van der Waals surface area contributed by atoms with Crippen LogP contribution < -0.4 is 5.32 Å². The van der Waals surface area contributed by atoms with Crippen LogP contribution >= 0.6 is 0 Å². The SMILES string of the molecule is O=C1CC(NCCOC2CCCC2)C(=O)N1C1CCCC1. The van der Waals surface area contributed by atoms with Crippen molar-refractivity contribution in [3.63, 3.8) is 0 Å². The molecule has 0 spiro atoms. The summed E-state index contributed by atoms with van der Waals surface area (Å²) in [6, 6.07) is -0.170. The second-order valence-corrected chi connectivity index (χ2v) is 6.53. The van der Waals surface area contributed by atoms with Crippen molar-refractivity contribution < 1.29 is 14.3 Å². The minimum absolute atomic E-state index is 0.00103. The second-order valence-electron chi connectivity index (χ2n) is 6.53. The van der Waals surface area contributed by atoms with E-state index in [1.54, 1.807) is 0 Å². The summed E-state index contributed by atoms with van der Waals surface area (Å²) in [5, 5.41) is 3.20. The molecule has 0 bridgehead atoms. The third-order valence-corrected chi connectivity index (χ3v) is 5.02. The Bertz CT molecular complexity index is 387. The Labute approximate surface area is 126 Å². The summed E-state index contributed by atoms with van der Waals surface area (Å²) >= 11 is 0. The molecule has 5 nitrogen and oxygen atoms in total. The Balaban J connectivity index is 1.41. The van der Waals surface area contributed by atoms with E-state index in [9.17, 15) is 9.59 Å². The van der Waals surface area contributed by atoms with Gasteiger partial charge in [0.1, 0.15) is 0 Å². The number of imide groups is 1. The topological polar surface area (TPSA) is 58.6 Å². The van der Waals surface area contributed by atoms with Gasteiger partial charge in [0.05, 0.1) is 25.2 Å². The van der Waals surface area contributed by atoms with Crippen LogP contribution in [0.1, 0.15) is 57.8 Å². The van der Waals surface area contributed by atoms with Crippen molar-refractivity contribution in [1.29, 1.82) is 0 Å². The van der Waals surface area contributed by atoms with Gasteiger partial charge in [0.15, 0.2) is 0 Å². The number of carbonyl (C=O) groups excluding carboxylic acids is 2. The number of rotatable bonds is 6. The number of hydrogen-bond donors (Lipinski definition) is 1. The molecule has 3 fully saturated rings. The fraction of sp³-hybridized carbons (Fsp3) is 0.875. The first-order valence-electron chi connectivity index (χ1n) is 8.46. The normalized spacial score (nSPS) is 28.2. The van der Waals surface area contributed by atoms with Gasteiger partial charge in [-0.15, -0.1) is 0 Å². The Hall–Kier alpha value is -0.940. The number of nitrogens with zero attached hydrogens (tertiary/aromatic N) is 1. The number of ether oxygens (including phenoxy) is 1. The molecule has 1 unspecified atom stereocenters. The fourth-order valence-electron chi connectivity index (χ4n) is 3.87. The van der Waals surface area contributed by atoms with Crippen LogP contribution in [0.3, 0.4) is 0 Å². The van der Waals surface area contributed by atoms with Gasteiger partial charge in [0.25, 0.3) is 0 Å². The van der Waals surface area contributed by atoms with Gasteiger partial charge < -0.3 is 10.1 Å². The minimum Gasteiger partial charge on any atom is -0.377 e. The molecule has 1 atom stereocenters. The molecule has 1 heterocycles.